The minimum absolute atomic E-state index is 0.368. The zero-order valence-corrected chi connectivity index (χ0v) is 18.8. The molecule has 3 saturated carbocycles. The molecule has 0 bridgehead atoms. The summed E-state index contributed by atoms with van der Waals surface area (Å²) in [5, 5.41) is 19.9. The minimum atomic E-state index is -0.368. The zero-order chi connectivity index (χ0) is 20.3. The van der Waals surface area contributed by atoms with Gasteiger partial charge in [-0.3, -0.25) is 0 Å². The third kappa shape index (κ3) is 5.11. The fourth-order valence-corrected chi connectivity index (χ4v) is 6.79. The first kappa shape index (κ1) is 22.1. The molecule has 2 heteroatoms. The van der Waals surface area contributed by atoms with Crippen molar-refractivity contribution in [2.24, 2.45) is 29.1 Å². The van der Waals surface area contributed by atoms with Crippen molar-refractivity contribution in [3.8, 4) is 0 Å². The van der Waals surface area contributed by atoms with Crippen LogP contribution in [0, 0.1) is 29.1 Å². The summed E-state index contributed by atoms with van der Waals surface area (Å²) in [5.41, 5.74) is 3.35. The quantitative estimate of drug-likeness (QED) is 0.551. The first-order chi connectivity index (χ1) is 13.3. The SMILES string of the molecule is CC(C)CCC[C@@H](C)[C@H]1CC[C@H]2/C(=C/C=C3C[C@@H](O)C[C@H](O)C3)CCC[C@]12C. The Morgan fingerprint density at radius 3 is 2.43 bits per heavy atom. The molecule has 3 rings (SSSR count). The Bertz CT molecular complexity index is 563. The van der Waals surface area contributed by atoms with Gasteiger partial charge in [-0.25, -0.2) is 0 Å². The van der Waals surface area contributed by atoms with E-state index in [0.29, 0.717) is 11.8 Å². The molecule has 0 aliphatic heterocycles. The normalized spacial score (nSPS) is 38.7. The smallest absolute Gasteiger partial charge is 0.0602 e. The number of fused-ring (bicyclic) bond motifs is 1. The Labute approximate surface area is 173 Å². The van der Waals surface area contributed by atoms with Crippen LogP contribution < -0.4 is 0 Å². The summed E-state index contributed by atoms with van der Waals surface area (Å²) in [6.07, 6.45) is 16.7. The summed E-state index contributed by atoms with van der Waals surface area (Å²) in [6, 6.07) is 0. The molecule has 3 aliphatic rings. The molecule has 28 heavy (non-hydrogen) atoms. The van der Waals surface area contributed by atoms with Crippen molar-refractivity contribution in [3.05, 3.63) is 23.3 Å². The second-order valence-electron chi connectivity index (χ2n) is 10.9. The average molecular weight is 389 g/mol. The van der Waals surface area contributed by atoms with Crippen LogP contribution in [0.4, 0.5) is 0 Å². The maximum absolute atomic E-state index is 9.96. The highest BCUT2D eigenvalue weighted by Gasteiger charge is 2.50. The molecular weight excluding hydrogens is 344 g/mol. The lowest BCUT2D eigenvalue weighted by atomic mass is 9.60. The third-order valence-electron chi connectivity index (χ3n) is 8.24. The van der Waals surface area contributed by atoms with Crippen molar-refractivity contribution in [1.29, 1.82) is 0 Å². The van der Waals surface area contributed by atoms with Gasteiger partial charge in [0.15, 0.2) is 0 Å². The fraction of sp³-hybridized carbons (Fsp3) is 0.846. The number of allylic oxidation sites excluding steroid dienone is 3. The van der Waals surface area contributed by atoms with Crippen LogP contribution in [-0.4, -0.2) is 22.4 Å². The van der Waals surface area contributed by atoms with Gasteiger partial charge in [0.1, 0.15) is 0 Å². The molecule has 0 aromatic carbocycles. The maximum Gasteiger partial charge on any atom is 0.0602 e. The molecule has 0 aromatic rings. The van der Waals surface area contributed by atoms with Gasteiger partial charge in [0.25, 0.3) is 0 Å². The van der Waals surface area contributed by atoms with Crippen LogP contribution >= 0.6 is 0 Å². The number of aliphatic hydroxyl groups is 2. The zero-order valence-electron chi connectivity index (χ0n) is 18.8. The summed E-state index contributed by atoms with van der Waals surface area (Å²) in [4.78, 5) is 0. The van der Waals surface area contributed by atoms with Crippen molar-refractivity contribution in [2.45, 2.75) is 111 Å². The molecule has 6 atom stereocenters. The van der Waals surface area contributed by atoms with Crippen LogP contribution in [0.25, 0.3) is 0 Å². The van der Waals surface area contributed by atoms with Crippen molar-refractivity contribution in [2.75, 3.05) is 0 Å². The molecule has 0 heterocycles. The predicted molar refractivity (Wildman–Crippen MR) is 118 cm³/mol. The lowest BCUT2D eigenvalue weighted by Gasteiger charge is -2.44. The molecule has 160 valence electrons. The molecule has 0 amide bonds. The number of rotatable bonds is 6. The van der Waals surface area contributed by atoms with Crippen LogP contribution in [0.15, 0.2) is 23.3 Å². The lowest BCUT2D eigenvalue weighted by molar-refractivity contribution is 0.0609. The van der Waals surface area contributed by atoms with Gasteiger partial charge in [0.05, 0.1) is 12.2 Å². The van der Waals surface area contributed by atoms with Crippen molar-refractivity contribution < 1.29 is 10.2 Å². The van der Waals surface area contributed by atoms with E-state index in [1.165, 1.54) is 56.9 Å². The van der Waals surface area contributed by atoms with Gasteiger partial charge >= 0.3 is 0 Å². The Kier molecular flexibility index (Phi) is 7.48. The van der Waals surface area contributed by atoms with E-state index in [4.69, 9.17) is 0 Å². The summed E-state index contributed by atoms with van der Waals surface area (Å²) >= 11 is 0. The summed E-state index contributed by atoms with van der Waals surface area (Å²) in [7, 11) is 0. The highest BCUT2D eigenvalue weighted by Crippen LogP contribution is 2.59. The second kappa shape index (κ2) is 9.47. The Hall–Kier alpha value is -0.600. The Morgan fingerprint density at radius 1 is 1.04 bits per heavy atom. The molecule has 0 radical (unpaired) electrons. The highest BCUT2D eigenvalue weighted by molar-refractivity contribution is 5.26. The molecule has 0 aromatic heterocycles. The molecule has 2 N–H and O–H groups in total. The van der Waals surface area contributed by atoms with Gasteiger partial charge in [-0.2, -0.15) is 0 Å². The Balaban J connectivity index is 1.67. The molecule has 0 unspecified atom stereocenters. The van der Waals surface area contributed by atoms with E-state index in [-0.39, 0.29) is 12.2 Å². The van der Waals surface area contributed by atoms with Gasteiger partial charge < -0.3 is 10.2 Å². The monoisotopic (exact) mass is 388 g/mol. The molecule has 3 fully saturated rings. The van der Waals surface area contributed by atoms with Crippen LogP contribution in [0.2, 0.25) is 0 Å². The fourth-order valence-electron chi connectivity index (χ4n) is 6.79. The van der Waals surface area contributed by atoms with Crippen molar-refractivity contribution in [1.82, 2.24) is 0 Å². The second-order valence-corrected chi connectivity index (χ2v) is 10.9. The van der Waals surface area contributed by atoms with Crippen molar-refractivity contribution in [3.63, 3.8) is 0 Å². The minimum Gasteiger partial charge on any atom is -0.393 e. The molecule has 3 aliphatic carbocycles. The standard InChI is InChI=1S/C26H44O2/c1-18(2)7-5-8-19(3)24-12-13-25-21(9-6-14-26(24,25)4)11-10-20-15-22(27)17-23(28)16-20/h10-11,18-19,22-25,27-28H,5-9,12-17H2,1-4H3/b21-11+/t19-,22-,23-,24-,25+,26-/m1/s1. The first-order valence-corrected chi connectivity index (χ1v) is 12.0. The number of hydrogen-bond donors (Lipinski definition) is 2. The topological polar surface area (TPSA) is 40.5 Å². The van der Waals surface area contributed by atoms with E-state index in [2.05, 4.69) is 39.8 Å². The van der Waals surface area contributed by atoms with E-state index in [1.54, 1.807) is 5.57 Å². The van der Waals surface area contributed by atoms with E-state index in [9.17, 15) is 10.2 Å². The molecule has 0 saturated heterocycles. The van der Waals surface area contributed by atoms with Crippen LogP contribution in [0.1, 0.15) is 98.3 Å². The molecule has 2 nitrogen and oxygen atoms in total. The van der Waals surface area contributed by atoms with Gasteiger partial charge in [0, 0.05) is 0 Å². The average Bonchev–Trinajstić information content (AvgIpc) is 2.96. The van der Waals surface area contributed by atoms with E-state index >= 15 is 0 Å². The van der Waals surface area contributed by atoms with Gasteiger partial charge in [-0.15, -0.1) is 0 Å². The number of aliphatic hydroxyl groups excluding tert-OH is 2. The summed E-state index contributed by atoms with van der Waals surface area (Å²) < 4.78 is 0. The summed E-state index contributed by atoms with van der Waals surface area (Å²) in [5.74, 6) is 3.29. The molecule has 0 spiro atoms. The van der Waals surface area contributed by atoms with Gasteiger partial charge in [-0.1, -0.05) is 70.3 Å². The van der Waals surface area contributed by atoms with E-state index < -0.39 is 0 Å². The van der Waals surface area contributed by atoms with Crippen LogP contribution in [0.3, 0.4) is 0 Å². The van der Waals surface area contributed by atoms with Gasteiger partial charge in [0.2, 0.25) is 0 Å². The van der Waals surface area contributed by atoms with Gasteiger partial charge in [-0.05, 0) is 80.5 Å². The van der Waals surface area contributed by atoms with Crippen molar-refractivity contribution >= 4 is 0 Å². The van der Waals surface area contributed by atoms with E-state index in [0.717, 1.165) is 36.5 Å². The van der Waals surface area contributed by atoms with Crippen LogP contribution in [0.5, 0.6) is 0 Å². The van der Waals surface area contributed by atoms with E-state index in [1.807, 2.05) is 0 Å². The molecular formula is C26H44O2. The summed E-state index contributed by atoms with van der Waals surface area (Å²) in [6.45, 7) is 9.79. The van der Waals surface area contributed by atoms with Crippen LogP contribution in [-0.2, 0) is 0 Å². The number of hydrogen-bond acceptors (Lipinski definition) is 2. The maximum atomic E-state index is 9.96. The third-order valence-corrected chi connectivity index (χ3v) is 8.24. The predicted octanol–water partition coefficient (Wildman–Crippen LogP) is 6.42. The first-order valence-electron chi connectivity index (χ1n) is 12.0. The largest absolute Gasteiger partial charge is 0.393 e. The highest BCUT2D eigenvalue weighted by atomic mass is 16.3. The lowest BCUT2D eigenvalue weighted by Crippen LogP contribution is -2.36. The Morgan fingerprint density at radius 2 is 1.75 bits per heavy atom.